The summed E-state index contributed by atoms with van der Waals surface area (Å²) in [5, 5.41) is 18.3. The van der Waals surface area contributed by atoms with Crippen LogP contribution in [0.15, 0.2) is 0 Å². The Bertz CT molecular complexity index is 120. The molecule has 10 heavy (non-hydrogen) atoms. The van der Waals surface area contributed by atoms with Crippen LogP contribution in [0.3, 0.4) is 0 Å². The van der Waals surface area contributed by atoms with Gasteiger partial charge in [-0.2, -0.15) is 0 Å². The maximum absolute atomic E-state index is 9.17. The zero-order chi connectivity index (χ0) is 7.72. The van der Waals surface area contributed by atoms with Crippen LogP contribution >= 0.6 is 0 Å². The van der Waals surface area contributed by atoms with Gasteiger partial charge in [0.2, 0.25) is 0 Å². The van der Waals surface area contributed by atoms with Gasteiger partial charge in [0.1, 0.15) is 12.2 Å². The van der Waals surface area contributed by atoms with Crippen molar-refractivity contribution in [2.24, 2.45) is 5.73 Å². The molecule has 0 radical (unpaired) electrons. The third kappa shape index (κ3) is 1.15. The molecule has 1 saturated heterocycles. The van der Waals surface area contributed by atoms with Crippen LogP contribution in [0.2, 0.25) is 0 Å². The number of nitrogens with two attached hydrogens (primary N) is 1. The van der Waals surface area contributed by atoms with E-state index in [1.165, 1.54) is 0 Å². The van der Waals surface area contributed by atoms with E-state index >= 15 is 0 Å². The summed E-state index contributed by atoms with van der Waals surface area (Å²) in [4.78, 5) is 0. The minimum atomic E-state index is -0.819. The van der Waals surface area contributed by atoms with Crippen LogP contribution in [0.5, 0.6) is 0 Å². The quantitative estimate of drug-likeness (QED) is 0.420. The van der Waals surface area contributed by atoms with Crippen LogP contribution in [0.25, 0.3) is 0 Å². The minimum absolute atomic E-state index is 0.253. The van der Waals surface area contributed by atoms with Gasteiger partial charge in [-0.25, -0.2) is 0 Å². The molecule has 0 aromatic carbocycles. The molecule has 4 N–H and O–H groups in total. The van der Waals surface area contributed by atoms with Crippen molar-refractivity contribution < 1.29 is 14.9 Å². The van der Waals surface area contributed by atoms with Crippen LogP contribution in [-0.2, 0) is 4.74 Å². The van der Waals surface area contributed by atoms with E-state index in [9.17, 15) is 5.11 Å². The number of rotatable bonds is 1. The van der Waals surface area contributed by atoms with Crippen LogP contribution < -0.4 is 5.73 Å². The second-order valence-electron chi connectivity index (χ2n) is 2.60. The van der Waals surface area contributed by atoms with Crippen LogP contribution in [0.1, 0.15) is 6.92 Å². The molecule has 1 rings (SSSR count). The summed E-state index contributed by atoms with van der Waals surface area (Å²) < 4.78 is 5.11. The van der Waals surface area contributed by atoms with E-state index in [-0.39, 0.29) is 12.6 Å². The van der Waals surface area contributed by atoms with Gasteiger partial charge in [0.25, 0.3) is 0 Å². The fourth-order valence-electron chi connectivity index (χ4n) is 1.13. The molecule has 0 bridgehead atoms. The highest BCUT2D eigenvalue weighted by Crippen LogP contribution is 2.19. The smallest absolute Gasteiger partial charge is 0.110 e. The largest absolute Gasteiger partial charge is 0.388 e. The molecule has 1 aliphatic rings. The average Bonchev–Trinajstić information content (AvgIpc) is 2.17. The van der Waals surface area contributed by atoms with E-state index in [4.69, 9.17) is 15.6 Å². The van der Waals surface area contributed by atoms with Gasteiger partial charge in [-0.1, -0.05) is 0 Å². The molecule has 0 spiro atoms. The normalized spacial score (nSPS) is 48.0. The molecule has 0 aliphatic carbocycles. The molecule has 0 saturated carbocycles. The van der Waals surface area contributed by atoms with Crippen molar-refractivity contribution in [1.29, 1.82) is 0 Å². The Hall–Kier alpha value is -0.160. The molecule has 0 aromatic heterocycles. The van der Waals surface area contributed by atoms with Crippen LogP contribution in [0, 0.1) is 0 Å². The van der Waals surface area contributed by atoms with Gasteiger partial charge in [0, 0.05) is 6.54 Å². The highest BCUT2D eigenvalue weighted by Gasteiger charge is 2.38. The summed E-state index contributed by atoms with van der Waals surface area (Å²) in [7, 11) is 0. The van der Waals surface area contributed by atoms with Gasteiger partial charge in [0.05, 0.1) is 12.2 Å². The molecular weight excluding hydrogens is 134 g/mol. The van der Waals surface area contributed by atoms with Gasteiger partial charge in [0.15, 0.2) is 0 Å². The Morgan fingerprint density at radius 2 is 2.00 bits per heavy atom. The monoisotopic (exact) mass is 147 g/mol. The standard InChI is InChI=1S/C6H13NO3/c1-3-5(8)6(9)4(2-7)10-3/h3-6,8-9H,2,7H2,1H3. The van der Waals surface area contributed by atoms with Crippen molar-refractivity contribution in [3.63, 3.8) is 0 Å². The van der Waals surface area contributed by atoms with E-state index in [1.807, 2.05) is 0 Å². The molecule has 60 valence electrons. The SMILES string of the molecule is CC1OC(CN)C(O)C1O. The van der Waals surface area contributed by atoms with E-state index in [1.54, 1.807) is 6.92 Å². The second kappa shape index (κ2) is 2.84. The van der Waals surface area contributed by atoms with Crippen molar-refractivity contribution in [2.45, 2.75) is 31.3 Å². The van der Waals surface area contributed by atoms with Gasteiger partial charge in [-0.15, -0.1) is 0 Å². The molecule has 4 nitrogen and oxygen atoms in total. The lowest BCUT2D eigenvalue weighted by atomic mass is 10.1. The van der Waals surface area contributed by atoms with Crippen molar-refractivity contribution in [1.82, 2.24) is 0 Å². The molecule has 1 heterocycles. The number of aliphatic hydroxyl groups is 2. The third-order valence-corrected chi connectivity index (χ3v) is 1.83. The van der Waals surface area contributed by atoms with Crippen molar-refractivity contribution in [2.75, 3.05) is 6.54 Å². The summed E-state index contributed by atoms with van der Waals surface area (Å²) in [6, 6.07) is 0. The Morgan fingerprint density at radius 1 is 1.40 bits per heavy atom. The average molecular weight is 147 g/mol. The summed E-state index contributed by atoms with van der Waals surface area (Å²) in [5.41, 5.74) is 5.25. The molecule has 0 amide bonds. The maximum Gasteiger partial charge on any atom is 0.110 e. The van der Waals surface area contributed by atoms with Crippen LogP contribution in [-0.4, -0.2) is 41.2 Å². The molecule has 1 aliphatic heterocycles. The Labute approximate surface area is 59.6 Å². The predicted octanol–water partition coefficient (Wildman–Crippen LogP) is -1.55. The summed E-state index contributed by atoms with van der Waals surface area (Å²) in [5.74, 6) is 0. The highest BCUT2D eigenvalue weighted by molar-refractivity contribution is 4.88. The lowest BCUT2D eigenvalue weighted by molar-refractivity contribution is 0.0223. The third-order valence-electron chi connectivity index (χ3n) is 1.83. The Morgan fingerprint density at radius 3 is 2.20 bits per heavy atom. The lowest BCUT2D eigenvalue weighted by Crippen LogP contribution is -2.35. The van der Waals surface area contributed by atoms with Crippen LogP contribution in [0.4, 0.5) is 0 Å². The summed E-state index contributed by atoms with van der Waals surface area (Å²) in [6.45, 7) is 1.96. The number of aliphatic hydroxyl groups excluding tert-OH is 2. The maximum atomic E-state index is 9.17. The van der Waals surface area contributed by atoms with Gasteiger partial charge in [-0.05, 0) is 6.92 Å². The fraction of sp³-hybridized carbons (Fsp3) is 1.00. The van der Waals surface area contributed by atoms with Gasteiger partial charge < -0.3 is 20.7 Å². The first kappa shape index (κ1) is 7.94. The molecule has 4 heteroatoms. The first-order valence-electron chi connectivity index (χ1n) is 3.38. The Balaban J connectivity index is 2.53. The molecule has 0 aromatic rings. The summed E-state index contributed by atoms with van der Waals surface area (Å²) >= 11 is 0. The zero-order valence-corrected chi connectivity index (χ0v) is 5.90. The first-order chi connectivity index (χ1) is 4.66. The Kier molecular flexibility index (Phi) is 2.25. The highest BCUT2D eigenvalue weighted by atomic mass is 16.5. The summed E-state index contributed by atoms with van der Waals surface area (Å²) in [6.07, 6.45) is -2.30. The van der Waals surface area contributed by atoms with E-state index in [0.29, 0.717) is 0 Å². The van der Waals surface area contributed by atoms with Crippen molar-refractivity contribution in [3.8, 4) is 0 Å². The van der Waals surface area contributed by atoms with Crippen molar-refractivity contribution >= 4 is 0 Å². The lowest BCUT2D eigenvalue weighted by Gasteiger charge is -2.10. The van der Waals surface area contributed by atoms with Gasteiger partial charge in [-0.3, -0.25) is 0 Å². The number of hydrogen-bond acceptors (Lipinski definition) is 4. The number of ether oxygens (including phenoxy) is 1. The number of hydrogen-bond donors (Lipinski definition) is 3. The van der Waals surface area contributed by atoms with E-state index < -0.39 is 18.3 Å². The fourth-order valence-corrected chi connectivity index (χ4v) is 1.13. The predicted molar refractivity (Wildman–Crippen MR) is 35.4 cm³/mol. The zero-order valence-electron chi connectivity index (χ0n) is 5.90. The molecule has 4 unspecified atom stereocenters. The second-order valence-corrected chi connectivity index (χ2v) is 2.60. The first-order valence-corrected chi connectivity index (χ1v) is 3.38. The minimum Gasteiger partial charge on any atom is -0.388 e. The van der Waals surface area contributed by atoms with E-state index in [0.717, 1.165) is 0 Å². The van der Waals surface area contributed by atoms with Crippen molar-refractivity contribution in [3.05, 3.63) is 0 Å². The van der Waals surface area contributed by atoms with Gasteiger partial charge >= 0.3 is 0 Å². The molecule has 4 atom stereocenters. The molecular formula is C6H13NO3. The molecule has 1 fully saturated rings. The topological polar surface area (TPSA) is 75.7 Å². The van der Waals surface area contributed by atoms with E-state index in [2.05, 4.69) is 0 Å².